The van der Waals surface area contributed by atoms with Crippen molar-refractivity contribution in [3.63, 3.8) is 0 Å². The number of nitrogens with zero attached hydrogens (tertiary/aromatic N) is 1. The standard InChI is InChI=1S/C20H36N4O4/c21-11-5-4-10-16(19(26)27)22-20(28)23-17(14-15-8-2-1-3-9-15)18(25)24-12-6-7-13-24/h15-17H,1-14,21H2,(H,26,27)(H2,22,23,28)/t16-,17+/m0/s1. The zero-order valence-electron chi connectivity index (χ0n) is 16.8. The van der Waals surface area contributed by atoms with E-state index in [1.807, 2.05) is 4.90 Å². The van der Waals surface area contributed by atoms with Gasteiger partial charge in [-0.2, -0.15) is 0 Å². The monoisotopic (exact) mass is 396 g/mol. The van der Waals surface area contributed by atoms with Crippen LogP contribution in [0.5, 0.6) is 0 Å². The number of carboxylic acids is 1. The van der Waals surface area contributed by atoms with E-state index >= 15 is 0 Å². The Labute approximate surface area is 167 Å². The third-order valence-corrected chi connectivity index (χ3v) is 5.87. The summed E-state index contributed by atoms with van der Waals surface area (Å²) in [6.45, 7) is 1.96. The van der Waals surface area contributed by atoms with Crippen LogP contribution in [0.1, 0.15) is 70.6 Å². The molecule has 8 heteroatoms. The molecule has 1 saturated carbocycles. The molecule has 2 atom stereocenters. The first-order valence-electron chi connectivity index (χ1n) is 10.8. The van der Waals surface area contributed by atoms with Crippen LogP contribution in [0.4, 0.5) is 4.79 Å². The second-order valence-electron chi connectivity index (χ2n) is 8.12. The van der Waals surface area contributed by atoms with Gasteiger partial charge in [0, 0.05) is 13.1 Å². The van der Waals surface area contributed by atoms with Crippen LogP contribution in [-0.4, -0.2) is 59.6 Å². The lowest BCUT2D eigenvalue weighted by atomic mass is 9.84. The summed E-state index contributed by atoms with van der Waals surface area (Å²) in [6, 6.07) is -2.13. The smallest absolute Gasteiger partial charge is 0.326 e. The van der Waals surface area contributed by atoms with Crippen molar-refractivity contribution in [1.82, 2.24) is 15.5 Å². The molecule has 3 amide bonds. The van der Waals surface area contributed by atoms with Crippen LogP contribution in [0.3, 0.4) is 0 Å². The highest BCUT2D eigenvalue weighted by molar-refractivity contribution is 5.89. The fourth-order valence-electron chi connectivity index (χ4n) is 4.24. The molecule has 8 nitrogen and oxygen atoms in total. The van der Waals surface area contributed by atoms with Gasteiger partial charge in [0.1, 0.15) is 12.1 Å². The molecule has 1 heterocycles. The van der Waals surface area contributed by atoms with E-state index in [2.05, 4.69) is 10.6 Å². The number of aliphatic carboxylic acids is 1. The second-order valence-corrected chi connectivity index (χ2v) is 8.12. The van der Waals surface area contributed by atoms with Gasteiger partial charge in [-0.05, 0) is 51.0 Å². The third-order valence-electron chi connectivity index (χ3n) is 5.87. The van der Waals surface area contributed by atoms with Crippen molar-refractivity contribution < 1.29 is 19.5 Å². The van der Waals surface area contributed by atoms with Gasteiger partial charge >= 0.3 is 12.0 Å². The minimum absolute atomic E-state index is 0.0340. The Bertz CT molecular complexity index is 516. The van der Waals surface area contributed by atoms with E-state index in [0.29, 0.717) is 38.1 Å². The lowest BCUT2D eigenvalue weighted by molar-refractivity contribution is -0.139. The van der Waals surface area contributed by atoms with Gasteiger partial charge < -0.3 is 26.4 Å². The molecular formula is C20H36N4O4. The van der Waals surface area contributed by atoms with Crippen LogP contribution < -0.4 is 16.4 Å². The number of hydrogen-bond acceptors (Lipinski definition) is 4. The molecule has 2 aliphatic rings. The number of carboxylic acid groups (broad SMARTS) is 1. The second kappa shape index (κ2) is 11.9. The molecule has 2 fully saturated rings. The van der Waals surface area contributed by atoms with Gasteiger partial charge in [0.2, 0.25) is 5.91 Å². The van der Waals surface area contributed by atoms with E-state index in [9.17, 15) is 19.5 Å². The molecule has 0 aromatic rings. The highest BCUT2D eigenvalue weighted by atomic mass is 16.4. The summed E-state index contributed by atoms with van der Waals surface area (Å²) in [5.41, 5.74) is 5.45. The summed E-state index contributed by atoms with van der Waals surface area (Å²) >= 11 is 0. The Kier molecular flexibility index (Phi) is 9.54. The molecule has 0 radical (unpaired) electrons. The maximum atomic E-state index is 12.9. The quantitative estimate of drug-likeness (QED) is 0.419. The number of urea groups is 1. The molecular weight excluding hydrogens is 360 g/mol. The highest BCUT2D eigenvalue weighted by Crippen LogP contribution is 2.28. The normalized spacial score (nSPS) is 19.8. The minimum atomic E-state index is -1.07. The summed E-state index contributed by atoms with van der Waals surface area (Å²) in [5.74, 6) is -0.666. The molecule has 0 aromatic heterocycles. The number of hydrogen-bond donors (Lipinski definition) is 4. The van der Waals surface area contributed by atoms with Crippen LogP contribution in [0.25, 0.3) is 0 Å². The first-order valence-corrected chi connectivity index (χ1v) is 10.8. The molecule has 160 valence electrons. The van der Waals surface area contributed by atoms with Crippen molar-refractivity contribution >= 4 is 17.9 Å². The topological polar surface area (TPSA) is 125 Å². The Morgan fingerprint density at radius 2 is 1.61 bits per heavy atom. The molecule has 5 N–H and O–H groups in total. The molecule has 1 aliphatic carbocycles. The van der Waals surface area contributed by atoms with Crippen molar-refractivity contribution in [2.75, 3.05) is 19.6 Å². The molecule has 2 rings (SSSR count). The Morgan fingerprint density at radius 1 is 0.964 bits per heavy atom. The van der Waals surface area contributed by atoms with Crippen molar-refractivity contribution in [1.29, 1.82) is 0 Å². The number of nitrogens with two attached hydrogens (primary N) is 1. The Balaban J connectivity index is 1.95. The van der Waals surface area contributed by atoms with Gasteiger partial charge in [0.25, 0.3) is 0 Å². The zero-order chi connectivity index (χ0) is 20.4. The summed E-state index contributed by atoms with van der Waals surface area (Å²) in [6.07, 6.45) is 10.0. The molecule has 0 spiro atoms. The lowest BCUT2D eigenvalue weighted by Crippen LogP contribution is -2.54. The Morgan fingerprint density at radius 3 is 2.21 bits per heavy atom. The number of nitrogens with one attached hydrogen (secondary N) is 2. The van der Waals surface area contributed by atoms with E-state index in [1.54, 1.807) is 0 Å². The van der Waals surface area contributed by atoms with E-state index in [-0.39, 0.29) is 5.91 Å². The largest absolute Gasteiger partial charge is 0.480 e. The van der Waals surface area contributed by atoms with Crippen LogP contribution in [0.15, 0.2) is 0 Å². The average molecular weight is 397 g/mol. The molecule has 0 unspecified atom stereocenters. The molecule has 28 heavy (non-hydrogen) atoms. The van der Waals surface area contributed by atoms with Gasteiger partial charge in [-0.3, -0.25) is 4.79 Å². The number of carbonyl (C=O) groups is 3. The number of carbonyl (C=O) groups excluding carboxylic acids is 2. The summed E-state index contributed by atoms with van der Waals surface area (Å²) < 4.78 is 0. The number of rotatable bonds is 10. The highest BCUT2D eigenvalue weighted by Gasteiger charge is 2.31. The SMILES string of the molecule is NCCCC[C@H](NC(=O)N[C@H](CC1CCCCC1)C(=O)N1CCCC1)C(=O)O. The number of likely N-dealkylation sites (tertiary alicyclic amines) is 1. The van der Waals surface area contributed by atoms with Gasteiger partial charge in [0.05, 0.1) is 0 Å². The lowest BCUT2D eigenvalue weighted by Gasteiger charge is -2.29. The summed E-state index contributed by atoms with van der Waals surface area (Å²) in [7, 11) is 0. The maximum Gasteiger partial charge on any atom is 0.326 e. The first kappa shape index (κ1) is 22.5. The van der Waals surface area contributed by atoms with E-state index in [4.69, 9.17) is 5.73 Å². The van der Waals surface area contributed by atoms with Gasteiger partial charge in [-0.1, -0.05) is 32.1 Å². The zero-order valence-corrected chi connectivity index (χ0v) is 16.8. The maximum absolute atomic E-state index is 12.9. The van der Waals surface area contributed by atoms with Gasteiger partial charge in [0.15, 0.2) is 0 Å². The first-order chi connectivity index (χ1) is 13.5. The van der Waals surface area contributed by atoms with E-state index < -0.39 is 24.1 Å². The van der Waals surface area contributed by atoms with Crippen molar-refractivity contribution in [3.8, 4) is 0 Å². The predicted octanol–water partition coefficient (Wildman–Crippen LogP) is 1.83. The summed E-state index contributed by atoms with van der Waals surface area (Å²) in [5, 5.41) is 14.7. The molecule has 1 saturated heterocycles. The van der Waals surface area contributed by atoms with Crippen LogP contribution in [0, 0.1) is 5.92 Å². The minimum Gasteiger partial charge on any atom is -0.480 e. The molecule has 1 aliphatic heterocycles. The molecule has 0 aromatic carbocycles. The van der Waals surface area contributed by atoms with Gasteiger partial charge in [-0.25, -0.2) is 9.59 Å². The van der Waals surface area contributed by atoms with Gasteiger partial charge in [-0.15, -0.1) is 0 Å². The van der Waals surface area contributed by atoms with E-state index in [1.165, 1.54) is 19.3 Å². The average Bonchev–Trinajstić information content (AvgIpc) is 3.21. The number of unbranched alkanes of at least 4 members (excludes halogenated alkanes) is 1. The fourth-order valence-corrected chi connectivity index (χ4v) is 4.24. The third kappa shape index (κ3) is 7.30. The fraction of sp³-hybridized carbons (Fsp3) is 0.850. The summed E-state index contributed by atoms with van der Waals surface area (Å²) in [4.78, 5) is 38.7. The van der Waals surface area contributed by atoms with Crippen LogP contribution >= 0.6 is 0 Å². The van der Waals surface area contributed by atoms with Crippen LogP contribution in [0.2, 0.25) is 0 Å². The van der Waals surface area contributed by atoms with Crippen molar-refractivity contribution in [3.05, 3.63) is 0 Å². The van der Waals surface area contributed by atoms with Crippen molar-refractivity contribution in [2.24, 2.45) is 11.7 Å². The van der Waals surface area contributed by atoms with Crippen LogP contribution in [-0.2, 0) is 9.59 Å². The molecule has 0 bridgehead atoms. The number of amides is 3. The predicted molar refractivity (Wildman–Crippen MR) is 107 cm³/mol. The van der Waals surface area contributed by atoms with Crippen molar-refractivity contribution in [2.45, 2.75) is 82.7 Å². The van der Waals surface area contributed by atoms with E-state index in [0.717, 1.165) is 38.8 Å². The Hall–Kier alpha value is -1.83.